The summed E-state index contributed by atoms with van der Waals surface area (Å²) in [5.74, 6) is 0.707. The summed E-state index contributed by atoms with van der Waals surface area (Å²) in [6.45, 7) is 5.96. The molecule has 1 saturated carbocycles. The van der Waals surface area contributed by atoms with Crippen molar-refractivity contribution < 1.29 is 29.0 Å². The minimum Gasteiger partial charge on any atom is -0.493 e. The molecule has 43 heavy (non-hydrogen) atoms. The number of nitrogens with one attached hydrogen (secondary N) is 1. The van der Waals surface area contributed by atoms with Crippen LogP contribution in [0, 0.1) is 0 Å². The fourth-order valence-corrected chi connectivity index (χ4v) is 5.23. The third kappa shape index (κ3) is 9.20. The van der Waals surface area contributed by atoms with Crippen molar-refractivity contribution in [1.82, 2.24) is 5.32 Å². The molecule has 0 atom stereocenters. The summed E-state index contributed by atoms with van der Waals surface area (Å²) in [6.07, 6.45) is 6.65. The van der Waals surface area contributed by atoms with E-state index < -0.39 is 17.8 Å². The first-order valence-electron chi connectivity index (χ1n) is 14.7. The second-order valence-corrected chi connectivity index (χ2v) is 11.7. The summed E-state index contributed by atoms with van der Waals surface area (Å²) in [7, 11) is 0. The minimum atomic E-state index is -0.998. The molecule has 0 aromatic heterocycles. The average Bonchev–Trinajstić information content (AvgIpc) is 2.98. The molecule has 0 saturated heterocycles. The Morgan fingerprint density at radius 3 is 2.26 bits per heavy atom. The second-order valence-electron chi connectivity index (χ2n) is 11.7. The largest absolute Gasteiger partial charge is 0.493 e. The molecular weight excluding hydrogens is 544 g/mol. The summed E-state index contributed by atoms with van der Waals surface area (Å²) in [4.78, 5) is 37.2. The Labute approximate surface area is 253 Å². The van der Waals surface area contributed by atoms with Gasteiger partial charge in [-0.1, -0.05) is 48.6 Å². The van der Waals surface area contributed by atoms with Gasteiger partial charge in [0.05, 0.1) is 12.3 Å². The van der Waals surface area contributed by atoms with Crippen molar-refractivity contribution in [3.63, 3.8) is 0 Å². The van der Waals surface area contributed by atoms with E-state index in [0.29, 0.717) is 55.7 Å². The molecular formula is C35H40N2O6. The van der Waals surface area contributed by atoms with E-state index in [1.165, 1.54) is 4.90 Å². The monoisotopic (exact) mass is 584 g/mol. The Bertz CT molecular complexity index is 1400. The number of hydrogen-bond donors (Lipinski definition) is 2. The molecule has 1 aliphatic carbocycles. The number of hydrogen-bond acceptors (Lipinski definition) is 5. The third-order valence-corrected chi connectivity index (χ3v) is 7.23. The molecule has 0 spiro atoms. The van der Waals surface area contributed by atoms with Gasteiger partial charge in [0, 0.05) is 23.2 Å². The molecule has 3 aromatic carbocycles. The van der Waals surface area contributed by atoms with Gasteiger partial charge in [-0.05, 0) is 100 Å². The maximum Gasteiger partial charge on any atom is 0.412 e. The number of anilines is 1. The first-order chi connectivity index (χ1) is 20.6. The van der Waals surface area contributed by atoms with Crippen LogP contribution in [0.25, 0.3) is 17.2 Å². The molecule has 8 heteroatoms. The molecule has 0 radical (unpaired) electrons. The number of carbonyl (C=O) groups excluding carboxylic acids is 2. The van der Waals surface area contributed by atoms with Crippen molar-refractivity contribution in [2.45, 2.75) is 70.6 Å². The fraction of sp³-hybridized carbons (Fsp3) is 0.343. The normalized spacial score (nSPS) is 16.8. The summed E-state index contributed by atoms with van der Waals surface area (Å²) < 4.78 is 11.2. The van der Waals surface area contributed by atoms with Crippen LogP contribution in [0.5, 0.6) is 5.75 Å². The van der Waals surface area contributed by atoms with Crippen molar-refractivity contribution in [1.29, 1.82) is 0 Å². The quantitative estimate of drug-likeness (QED) is 0.185. The van der Waals surface area contributed by atoms with Gasteiger partial charge in [0.2, 0.25) is 0 Å². The highest BCUT2D eigenvalue weighted by Crippen LogP contribution is 2.36. The molecule has 2 amide bonds. The lowest BCUT2D eigenvalue weighted by molar-refractivity contribution is 0.0490. The van der Waals surface area contributed by atoms with Gasteiger partial charge in [-0.15, -0.1) is 0 Å². The maximum absolute atomic E-state index is 12.7. The van der Waals surface area contributed by atoms with Crippen LogP contribution in [-0.4, -0.2) is 47.9 Å². The van der Waals surface area contributed by atoms with E-state index in [0.717, 1.165) is 23.0 Å². The van der Waals surface area contributed by atoms with Crippen LogP contribution in [0.1, 0.15) is 68.8 Å². The Kier molecular flexibility index (Phi) is 10.6. The van der Waals surface area contributed by atoms with Gasteiger partial charge in [-0.25, -0.2) is 9.59 Å². The zero-order valence-corrected chi connectivity index (χ0v) is 25.0. The molecule has 1 fully saturated rings. The Hall–Kier alpha value is -4.59. The lowest BCUT2D eigenvalue weighted by Gasteiger charge is -2.36. The van der Waals surface area contributed by atoms with Crippen LogP contribution < -0.4 is 15.0 Å². The van der Waals surface area contributed by atoms with Gasteiger partial charge in [0.1, 0.15) is 17.6 Å². The van der Waals surface area contributed by atoms with Gasteiger partial charge in [-0.3, -0.25) is 9.69 Å². The Morgan fingerprint density at radius 1 is 0.953 bits per heavy atom. The molecule has 8 nitrogen and oxygen atoms in total. The lowest BCUT2D eigenvalue weighted by Crippen LogP contribution is -2.47. The summed E-state index contributed by atoms with van der Waals surface area (Å²) in [5.41, 5.74) is 3.40. The van der Waals surface area contributed by atoms with E-state index in [2.05, 4.69) is 5.32 Å². The highest BCUT2D eigenvalue weighted by atomic mass is 16.6. The van der Waals surface area contributed by atoms with E-state index in [1.807, 2.05) is 81.5 Å². The van der Waals surface area contributed by atoms with Crippen LogP contribution in [0.4, 0.5) is 15.3 Å². The van der Waals surface area contributed by atoms with Crippen molar-refractivity contribution in [2.24, 2.45) is 0 Å². The Morgan fingerprint density at radius 2 is 1.63 bits per heavy atom. The number of rotatable bonds is 10. The number of amides is 2. The van der Waals surface area contributed by atoms with E-state index in [1.54, 1.807) is 24.3 Å². The molecule has 1 aliphatic rings. The van der Waals surface area contributed by atoms with Gasteiger partial charge >= 0.3 is 12.2 Å². The molecule has 0 bridgehead atoms. The smallest absolute Gasteiger partial charge is 0.412 e. The molecule has 0 unspecified atom stereocenters. The van der Waals surface area contributed by atoms with Crippen molar-refractivity contribution in [2.75, 3.05) is 11.5 Å². The number of aldehydes is 1. The second kappa shape index (κ2) is 14.5. The van der Waals surface area contributed by atoms with Crippen LogP contribution in [0.3, 0.4) is 0 Å². The predicted molar refractivity (Wildman–Crippen MR) is 169 cm³/mol. The number of ether oxygens (including phenoxy) is 2. The topological polar surface area (TPSA) is 105 Å². The number of benzene rings is 3. The van der Waals surface area contributed by atoms with E-state index in [9.17, 15) is 19.5 Å². The molecule has 0 aliphatic heterocycles. The summed E-state index contributed by atoms with van der Waals surface area (Å²) >= 11 is 0. The van der Waals surface area contributed by atoms with Crippen molar-refractivity contribution in [3.8, 4) is 16.9 Å². The molecule has 4 rings (SSSR count). The van der Waals surface area contributed by atoms with Crippen LogP contribution in [0.15, 0.2) is 78.9 Å². The first kappa shape index (κ1) is 31.3. The SMILES string of the molecule is CC(C)(C)OC(=O)NC1CCC(N(C(=O)O)c2ccc(C=CCCOc3ccc(C=O)cc3)cc2-c2ccccc2)CC1. The average molecular weight is 585 g/mol. The standard InChI is InChI=1S/C35H40N2O6/c1-35(2,3)43-33(39)36-28-15-17-29(18-16-28)37(34(40)41)32-21-14-25(23-31(32)27-10-5-4-6-11-27)9-7-8-22-42-30-19-12-26(24-38)13-20-30/h4-7,9-14,19-21,23-24,28-29H,8,15-18,22H2,1-3H3,(H,36,39)(H,40,41). The van der Waals surface area contributed by atoms with E-state index in [-0.39, 0.29) is 12.1 Å². The van der Waals surface area contributed by atoms with Gasteiger partial charge < -0.3 is 19.9 Å². The first-order valence-corrected chi connectivity index (χ1v) is 14.7. The lowest BCUT2D eigenvalue weighted by atomic mass is 9.89. The number of carboxylic acid groups (broad SMARTS) is 1. The van der Waals surface area contributed by atoms with E-state index >= 15 is 0 Å². The predicted octanol–water partition coefficient (Wildman–Crippen LogP) is 7.97. The summed E-state index contributed by atoms with van der Waals surface area (Å²) in [6, 6.07) is 22.4. The van der Waals surface area contributed by atoms with Crippen LogP contribution >= 0.6 is 0 Å². The Balaban J connectivity index is 1.46. The van der Waals surface area contributed by atoms with Crippen LogP contribution in [-0.2, 0) is 4.74 Å². The van der Waals surface area contributed by atoms with Gasteiger partial charge in [0.15, 0.2) is 0 Å². The van der Waals surface area contributed by atoms with Crippen molar-refractivity contribution >= 4 is 30.2 Å². The third-order valence-electron chi connectivity index (χ3n) is 7.23. The highest BCUT2D eigenvalue weighted by Gasteiger charge is 2.32. The summed E-state index contributed by atoms with van der Waals surface area (Å²) in [5, 5.41) is 13.3. The highest BCUT2D eigenvalue weighted by molar-refractivity contribution is 5.94. The molecule has 2 N–H and O–H groups in total. The van der Waals surface area contributed by atoms with Gasteiger partial charge in [0.25, 0.3) is 0 Å². The van der Waals surface area contributed by atoms with E-state index in [4.69, 9.17) is 9.47 Å². The molecule has 3 aromatic rings. The molecule has 0 heterocycles. The zero-order chi connectivity index (χ0) is 30.8. The molecule has 226 valence electrons. The number of alkyl carbamates (subject to hydrolysis) is 1. The number of nitrogens with zero attached hydrogens (tertiary/aromatic N) is 1. The number of carbonyl (C=O) groups is 3. The van der Waals surface area contributed by atoms with Crippen LogP contribution in [0.2, 0.25) is 0 Å². The maximum atomic E-state index is 12.7. The van der Waals surface area contributed by atoms with Crippen molar-refractivity contribution in [3.05, 3.63) is 90.0 Å². The minimum absolute atomic E-state index is 0.0532. The fourth-order valence-electron chi connectivity index (χ4n) is 5.23. The van der Waals surface area contributed by atoms with Gasteiger partial charge in [-0.2, -0.15) is 0 Å². The zero-order valence-electron chi connectivity index (χ0n) is 25.0.